The van der Waals surface area contributed by atoms with Gasteiger partial charge in [0.2, 0.25) is 5.92 Å². The van der Waals surface area contributed by atoms with E-state index in [-0.39, 0.29) is 19.4 Å². The molecule has 0 aromatic heterocycles. The monoisotopic (exact) mass is 318 g/mol. The number of halogens is 6. The molecule has 0 aromatic carbocycles. The van der Waals surface area contributed by atoms with E-state index >= 15 is 0 Å². The van der Waals surface area contributed by atoms with Gasteiger partial charge in [0.25, 0.3) is 0 Å². The van der Waals surface area contributed by atoms with Gasteiger partial charge in [-0.05, 0) is 25.7 Å². The van der Waals surface area contributed by atoms with E-state index in [1.165, 1.54) is 0 Å². The predicted molar refractivity (Wildman–Crippen MR) is 60.5 cm³/mol. The first-order valence-electron chi connectivity index (χ1n) is 6.86. The highest BCUT2D eigenvalue weighted by molar-refractivity contribution is 5.85. The fraction of sp³-hybridized carbons (Fsp3) is 0.923. The van der Waals surface area contributed by atoms with Gasteiger partial charge >= 0.3 is 12.4 Å². The lowest BCUT2D eigenvalue weighted by Gasteiger charge is -2.39. The average molecular weight is 318 g/mol. The Morgan fingerprint density at radius 1 is 1.05 bits per heavy atom. The second-order valence-electron chi connectivity index (χ2n) is 5.85. The summed E-state index contributed by atoms with van der Waals surface area (Å²) in [4.78, 5) is 11.8. The zero-order valence-electron chi connectivity index (χ0n) is 11.2. The van der Waals surface area contributed by atoms with Crippen molar-refractivity contribution in [1.82, 2.24) is 0 Å². The van der Waals surface area contributed by atoms with Crippen LogP contribution in [0, 0.1) is 11.8 Å². The summed E-state index contributed by atoms with van der Waals surface area (Å²) in [6.07, 6.45) is -8.48. The van der Waals surface area contributed by atoms with Gasteiger partial charge < -0.3 is 4.74 Å². The number of Topliss-reactive ketones (excluding diaryl/α,β-unsaturated/α-hetero) is 1. The van der Waals surface area contributed by atoms with Crippen LogP contribution in [0.25, 0.3) is 0 Å². The van der Waals surface area contributed by atoms with Crippen molar-refractivity contribution in [2.24, 2.45) is 11.8 Å². The molecule has 1 heterocycles. The fourth-order valence-electron chi connectivity index (χ4n) is 3.38. The third-order valence-corrected chi connectivity index (χ3v) is 4.35. The van der Waals surface area contributed by atoms with Crippen LogP contribution in [0.2, 0.25) is 0 Å². The van der Waals surface area contributed by atoms with Crippen molar-refractivity contribution >= 4 is 5.78 Å². The molecule has 0 aromatic rings. The second kappa shape index (κ2) is 5.44. The van der Waals surface area contributed by atoms with E-state index in [9.17, 15) is 31.1 Å². The third-order valence-electron chi connectivity index (χ3n) is 4.35. The van der Waals surface area contributed by atoms with Gasteiger partial charge in [-0.3, -0.25) is 4.79 Å². The third kappa shape index (κ3) is 3.52. The fourth-order valence-corrected chi connectivity index (χ4v) is 3.38. The number of carbonyl (C=O) groups is 1. The van der Waals surface area contributed by atoms with Crippen LogP contribution in [0.4, 0.5) is 26.3 Å². The van der Waals surface area contributed by atoms with Gasteiger partial charge in [-0.2, -0.15) is 26.3 Å². The van der Waals surface area contributed by atoms with Crippen LogP contribution in [-0.2, 0) is 9.53 Å². The number of alkyl halides is 6. The van der Waals surface area contributed by atoms with Crippen LogP contribution >= 0.6 is 0 Å². The normalized spacial score (nSPS) is 26.5. The maximum absolute atomic E-state index is 12.6. The van der Waals surface area contributed by atoms with Crippen molar-refractivity contribution in [1.29, 1.82) is 0 Å². The van der Waals surface area contributed by atoms with Gasteiger partial charge in [0.1, 0.15) is 0 Å². The van der Waals surface area contributed by atoms with Crippen molar-refractivity contribution in [2.45, 2.75) is 56.5 Å². The Morgan fingerprint density at radius 2 is 1.57 bits per heavy atom. The van der Waals surface area contributed by atoms with Crippen LogP contribution in [-0.4, -0.2) is 30.3 Å². The van der Waals surface area contributed by atoms with Gasteiger partial charge in [0.15, 0.2) is 5.78 Å². The molecule has 1 spiro atoms. The van der Waals surface area contributed by atoms with Crippen LogP contribution in [0.15, 0.2) is 0 Å². The van der Waals surface area contributed by atoms with E-state index in [0.717, 1.165) is 12.8 Å². The van der Waals surface area contributed by atoms with Crippen molar-refractivity contribution < 1.29 is 35.9 Å². The highest BCUT2D eigenvalue weighted by atomic mass is 19.4. The Kier molecular flexibility index (Phi) is 4.30. The van der Waals surface area contributed by atoms with Crippen molar-refractivity contribution in [3.8, 4) is 0 Å². The summed E-state index contributed by atoms with van der Waals surface area (Å²) in [5, 5.41) is 0. The second-order valence-corrected chi connectivity index (χ2v) is 5.85. The number of carbonyl (C=O) groups excluding carboxylic acids is 1. The van der Waals surface area contributed by atoms with Crippen molar-refractivity contribution in [2.75, 3.05) is 6.61 Å². The molecule has 2 rings (SSSR count). The van der Waals surface area contributed by atoms with E-state index < -0.39 is 35.6 Å². The Bertz CT molecular complexity index is 380. The Labute approximate surface area is 117 Å². The van der Waals surface area contributed by atoms with E-state index in [2.05, 4.69) is 0 Å². The molecule has 2 fully saturated rings. The standard InChI is InChI=1S/C13H16F6O2/c14-12(15,16)10(13(17,18)19)9(20)8-3-6-21-11(7-8)4-1-2-5-11/h8,10H,1-7H2. The molecule has 0 radical (unpaired) electrons. The minimum atomic E-state index is -5.60. The van der Waals surface area contributed by atoms with E-state index in [1.807, 2.05) is 0 Å². The largest absolute Gasteiger partial charge is 0.407 e. The Morgan fingerprint density at radius 3 is 2.05 bits per heavy atom. The highest BCUT2D eigenvalue weighted by Crippen LogP contribution is 2.46. The first-order valence-corrected chi connectivity index (χ1v) is 6.86. The molecule has 21 heavy (non-hydrogen) atoms. The molecule has 1 unspecified atom stereocenters. The minimum absolute atomic E-state index is 0.0332. The topological polar surface area (TPSA) is 26.3 Å². The Hall–Kier alpha value is -0.790. The molecule has 1 atom stereocenters. The molecule has 0 bridgehead atoms. The first kappa shape index (κ1) is 16.6. The van der Waals surface area contributed by atoms with Gasteiger partial charge in [-0.1, -0.05) is 12.8 Å². The average Bonchev–Trinajstić information content (AvgIpc) is 2.73. The lowest BCUT2D eigenvalue weighted by Crippen LogP contribution is -2.48. The lowest BCUT2D eigenvalue weighted by atomic mass is 9.78. The van der Waals surface area contributed by atoms with E-state index in [4.69, 9.17) is 4.74 Å². The number of ether oxygens (including phenoxy) is 1. The zero-order valence-corrected chi connectivity index (χ0v) is 11.2. The summed E-state index contributed by atoms with van der Waals surface area (Å²) in [5.74, 6) is -6.87. The zero-order chi connectivity index (χ0) is 15.9. The maximum Gasteiger partial charge on any atom is 0.407 e. The van der Waals surface area contributed by atoms with Crippen LogP contribution < -0.4 is 0 Å². The van der Waals surface area contributed by atoms with Gasteiger partial charge in [-0.25, -0.2) is 0 Å². The number of rotatable bonds is 2. The lowest BCUT2D eigenvalue weighted by molar-refractivity contribution is -0.276. The molecule has 8 heteroatoms. The van der Waals surface area contributed by atoms with Crippen molar-refractivity contribution in [3.05, 3.63) is 0 Å². The van der Waals surface area contributed by atoms with Crippen molar-refractivity contribution in [3.63, 3.8) is 0 Å². The molecule has 0 N–H and O–H groups in total. The molecule has 122 valence electrons. The quantitative estimate of drug-likeness (QED) is 0.718. The summed E-state index contributed by atoms with van der Waals surface area (Å²) < 4.78 is 81.3. The SMILES string of the molecule is O=C(C1CCOC2(CCCC2)C1)C(C(F)(F)F)C(F)(F)F. The van der Waals surface area contributed by atoms with E-state index in [1.54, 1.807) is 0 Å². The molecule has 1 aliphatic heterocycles. The molecule has 0 amide bonds. The molecule has 1 saturated heterocycles. The number of ketones is 1. The summed E-state index contributed by atoms with van der Waals surface area (Å²) in [6, 6.07) is 0. The summed E-state index contributed by atoms with van der Waals surface area (Å²) >= 11 is 0. The Balaban J connectivity index is 2.17. The summed E-state index contributed by atoms with van der Waals surface area (Å²) in [6.45, 7) is 0.0405. The highest BCUT2D eigenvalue weighted by Gasteiger charge is 2.62. The van der Waals surface area contributed by atoms with Gasteiger partial charge in [0, 0.05) is 12.5 Å². The number of hydrogen-bond acceptors (Lipinski definition) is 2. The van der Waals surface area contributed by atoms with Crippen LogP contribution in [0.1, 0.15) is 38.5 Å². The smallest absolute Gasteiger partial charge is 0.375 e. The van der Waals surface area contributed by atoms with Gasteiger partial charge in [0.05, 0.1) is 5.60 Å². The first-order chi connectivity index (χ1) is 9.55. The molecular formula is C13H16F6O2. The molecule has 1 saturated carbocycles. The number of hydrogen-bond donors (Lipinski definition) is 0. The molecule has 1 aliphatic carbocycles. The van der Waals surface area contributed by atoms with E-state index in [0.29, 0.717) is 12.8 Å². The predicted octanol–water partition coefficient (Wildman–Crippen LogP) is 4.04. The molecule has 2 nitrogen and oxygen atoms in total. The summed E-state index contributed by atoms with van der Waals surface area (Å²) in [7, 11) is 0. The van der Waals surface area contributed by atoms with Crippen LogP contribution in [0.5, 0.6) is 0 Å². The molecule has 2 aliphatic rings. The summed E-state index contributed by atoms with van der Waals surface area (Å²) in [5.41, 5.74) is -0.694. The molecular weight excluding hydrogens is 302 g/mol. The maximum atomic E-state index is 12.6. The van der Waals surface area contributed by atoms with Gasteiger partial charge in [-0.15, -0.1) is 0 Å². The minimum Gasteiger partial charge on any atom is -0.375 e. The van der Waals surface area contributed by atoms with Crippen LogP contribution in [0.3, 0.4) is 0 Å².